The SMILES string of the molecule is Cc1ccc(C#N)c(OCCC(C)(C)C)n1. The molecule has 3 nitrogen and oxygen atoms in total. The number of aromatic nitrogens is 1. The first kappa shape index (κ1) is 12.5. The van der Waals surface area contributed by atoms with Crippen LogP contribution >= 0.6 is 0 Å². The quantitative estimate of drug-likeness (QED) is 0.783. The van der Waals surface area contributed by atoms with E-state index in [-0.39, 0.29) is 5.41 Å². The fourth-order valence-electron chi connectivity index (χ4n) is 1.18. The molecular formula is C13H18N2O. The Morgan fingerprint density at radius 3 is 2.62 bits per heavy atom. The molecule has 16 heavy (non-hydrogen) atoms. The Kier molecular flexibility index (Phi) is 3.89. The van der Waals surface area contributed by atoms with Gasteiger partial charge in [-0.15, -0.1) is 0 Å². The zero-order valence-electron chi connectivity index (χ0n) is 10.4. The Morgan fingerprint density at radius 2 is 2.06 bits per heavy atom. The molecule has 0 N–H and O–H groups in total. The van der Waals surface area contributed by atoms with Gasteiger partial charge in [-0.2, -0.15) is 5.26 Å². The monoisotopic (exact) mass is 218 g/mol. The molecule has 0 amide bonds. The third-order valence-corrected chi connectivity index (χ3v) is 2.21. The van der Waals surface area contributed by atoms with Gasteiger partial charge in [-0.25, -0.2) is 4.98 Å². The van der Waals surface area contributed by atoms with Gasteiger partial charge < -0.3 is 4.74 Å². The molecule has 0 radical (unpaired) electrons. The van der Waals surface area contributed by atoms with Gasteiger partial charge in [-0.05, 0) is 30.9 Å². The van der Waals surface area contributed by atoms with Gasteiger partial charge in [0.05, 0.1) is 6.61 Å². The van der Waals surface area contributed by atoms with Crippen molar-refractivity contribution in [2.45, 2.75) is 34.1 Å². The summed E-state index contributed by atoms with van der Waals surface area (Å²) in [6.07, 6.45) is 0.938. The number of hydrogen-bond acceptors (Lipinski definition) is 3. The second-order valence-corrected chi connectivity index (χ2v) is 5.08. The number of pyridine rings is 1. The number of rotatable bonds is 3. The van der Waals surface area contributed by atoms with Gasteiger partial charge in [-0.3, -0.25) is 0 Å². The van der Waals surface area contributed by atoms with Gasteiger partial charge in [-0.1, -0.05) is 20.8 Å². The lowest BCUT2D eigenvalue weighted by Gasteiger charge is -2.18. The maximum atomic E-state index is 8.90. The van der Waals surface area contributed by atoms with Crippen LogP contribution in [0.3, 0.4) is 0 Å². The van der Waals surface area contributed by atoms with Gasteiger partial charge in [0.25, 0.3) is 0 Å². The average Bonchev–Trinajstić information content (AvgIpc) is 2.16. The van der Waals surface area contributed by atoms with Crippen LogP contribution in [0, 0.1) is 23.7 Å². The summed E-state index contributed by atoms with van der Waals surface area (Å²) in [7, 11) is 0. The van der Waals surface area contributed by atoms with Gasteiger partial charge in [0, 0.05) is 5.69 Å². The molecule has 1 aromatic rings. The molecule has 0 aliphatic rings. The molecule has 0 bridgehead atoms. The number of nitriles is 1. The van der Waals surface area contributed by atoms with Crippen LogP contribution < -0.4 is 4.74 Å². The highest BCUT2D eigenvalue weighted by molar-refractivity contribution is 5.38. The predicted molar refractivity (Wildman–Crippen MR) is 63.3 cm³/mol. The molecule has 0 fully saturated rings. The van der Waals surface area contributed by atoms with Gasteiger partial charge in [0.15, 0.2) is 0 Å². The van der Waals surface area contributed by atoms with Crippen molar-refractivity contribution in [3.8, 4) is 11.9 Å². The fraction of sp³-hybridized carbons (Fsp3) is 0.538. The van der Waals surface area contributed by atoms with Gasteiger partial charge in [0.2, 0.25) is 5.88 Å². The Balaban J connectivity index is 2.67. The summed E-state index contributed by atoms with van der Waals surface area (Å²) >= 11 is 0. The summed E-state index contributed by atoms with van der Waals surface area (Å²) < 4.78 is 5.55. The zero-order chi connectivity index (χ0) is 12.2. The van der Waals surface area contributed by atoms with Crippen LogP contribution in [-0.2, 0) is 0 Å². The van der Waals surface area contributed by atoms with E-state index in [0.717, 1.165) is 12.1 Å². The highest BCUT2D eigenvalue weighted by Crippen LogP contribution is 2.20. The summed E-state index contributed by atoms with van der Waals surface area (Å²) in [5.41, 5.74) is 1.60. The zero-order valence-corrected chi connectivity index (χ0v) is 10.4. The van der Waals surface area contributed by atoms with Gasteiger partial charge >= 0.3 is 0 Å². The minimum Gasteiger partial charge on any atom is -0.477 e. The highest BCUT2D eigenvalue weighted by Gasteiger charge is 2.11. The molecule has 0 saturated heterocycles. The minimum atomic E-state index is 0.233. The minimum absolute atomic E-state index is 0.233. The fourth-order valence-corrected chi connectivity index (χ4v) is 1.18. The van der Waals surface area contributed by atoms with E-state index in [4.69, 9.17) is 10.00 Å². The Bertz CT molecular complexity index is 399. The van der Waals surface area contributed by atoms with E-state index < -0.39 is 0 Å². The number of hydrogen-bond donors (Lipinski definition) is 0. The molecule has 86 valence electrons. The smallest absolute Gasteiger partial charge is 0.231 e. The normalized spacial score (nSPS) is 10.9. The van der Waals surface area contributed by atoms with E-state index in [1.54, 1.807) is 6.07 Å². The van der Waals surface area contributed by atoms with Crippen LogP contribution in [0.2, 0.25) is 0 Å². The molecule has 0 saturated carbocycles. The van der Waals surface area contributed by atoms with E-state index in [2.05, 4.69) is 31.8 Å². The van der Waals surface area contributed by atoms with Crippen molar-refractivity contribution in [1.29, 1.82) is 5.26 Å². The van der Waals surface area contributed by atoms with E-state index in [1.807, 2.05) is 13.0 Å². The van der Waals surface area contributed by atoms with Crippen molar-refractivity contribution in [3.63, 3.8) is 0 Å². The lowest BCUT2D eigenvalue weighted by Crippen LogP contribution is -2.12. The summed E-state index contributed by atoms with van der Waals surface area (Å²) in [6.45, 7) is 8.95. The van der Waals surface area contributed by atoms with Crippen LogP contribution in [0.15, 0.2) is 12.1 Å². The third-order valence-electron chi connectivity index (χ3n) is 2.21. The van der Waals surface area contributed by atoms with Crippen LogP contribution in [0.25, 0.3) is 0 Å². The first-order valence-corrected chi connectivity index (χ1v) is 5.43. The molecule has 0 atom stereocenters. The molecule has 0 spiro atoms. The molecule has 1 aromatic heterocycles. The maximum absolute atomic E-state index is 8.90. The highest BCUT2D eigenvalue weighted by atomic mass is 16.5. The summed E-state index contributed by atoms with van der Waals surface area (Å²) in [4.78, 5) is 4.22. The Hall–Kier alpha value is -1.56. The van der Waals surface area contributed by atoms with Crippen LogP contribution in [0.4, 0.5) is 0 Å². The van der Waals surface area contributed by atoms with Crippen molar-refractivity contribution < 1.29 is 4.74 Å². The van der Waals surface area contributed by atoms with E-state index in [0.29, 0.717) is 18.1 Å². The topological polar surface area (TPSA) is 45.9 Å². The molecule has 1 rings (SSSR count). The van der Waals surface area contributed by atoms with Gasteiger partial charge in [0.1, 0.15) is 11.6 Å². The lowest BCUT2D eigenvalue weighted by molar-refractivity contribution is 0.235. The summed E-state index contributed by atoms with van der Waals surface area (Å²) in [5, 5.41) is 8.90. The molecule has 3 heteroatoms. The molecule has 0 unspecified atom stereocenters. The Labute approximate surface area is 97.1 Å². The number of ether oxygens (including phenoxy) is 1. The molecular weight excluding hydrogens is 200 g/mol. The number of aryl methyl sites for hydroxylation is 1. The van der Waals surface area contributed by atoms with Crippen LogP contribution in [-0.4, -0.2) is 11.6 Å². The van der Waals surface area contributed by atoms with E-state index >= 15 is 0 Å². The Morgan fingerprint density at radius 1 is 1.38 bits per heavy atom. The van der Waals surface area contributed by atoms with Crippen molar-refractivity contribution in [3.05, 3.63) is 23.4 Å². The van der Waals surface area contributed by atoms with Crippen molar-refractivity contribution in [2.24, 2.45) is 5.41 Å². The van der Waals surface area contributed by atoms with E-state index in [1.165, 1.54) is 0 Å². The number of nitrogens with zero attached hydrogens (tertiary/aromatic N) is 2. The van der Waals surface area contributed by atoms with Crippen molar-refractivity contribution in [1.82, 2.24) is 4.98 Å². The summed E-state index contributed by atoms with van der Waals surface area (Å²) in [6, 6.07) is 5.64. The average molecular weight is 218 g/mol. The third kappa shape index (κ3) is 3.90. The molecule has 0 aliphatic heterocycles. The second-order valence-electron chi connectivity index (χ2n) is 5.08. The standard InChI is InChI=1S/C13H18N2O/c1-10-5-6-11(9-14)12(15-10)16-8-7-13(2,3)4/h5-6H,7-8H2,1-4H3. The summed E-state index contributed by atoms with van der Waals surface area (Å²) in [5.74, 6) is 0.451. The van der Waals surface area contributed by atoms with E-state index in [9.17, 15) is 0 Å². The maximum Gasteiger partial charge on any atom is 0.231 e. The molecule has 0 aromatic carbocycles. The van der Waals surface area contributed by atoms with Crippen molar-refractivity contribution >= 4 is 0 Å². The first-order valence-electron chi connectivity index (χ1n) is 5.43. The molecule has 0 aliphatic carbocycles. The second kappa shape index (κ2) is 4.98. The van der Waals surface area contributed by atoms with Crippen LogP contribution in [0.5, 0.6) is 5.88 Å². The van der Waals surface area contributed by atoms with Crippen LogP contribution in [0.1, 0.15) is 38.4 Å². The van der Waals surface area contributed by atoms with Crippen molar-refractivity contribution in [2.75, 3.05) is 6.61 Å². The molecule has 1 heterocycles. The predicted octanol–water partition coefficient (Wildman–Crippen LogP) is 3.08. The first-order chi connectivity index (χ1) is 7.42. The largest absolute Gasteiger partial charge is 0.477 e. The lowest BCUT2D eigenvalue weighted by atomic mass is 9.93.